The van der Waals surface area contributed by atoms with Crippen LogP contribution in [0.5, 0.6) is 0 Å². The molecular formula is C15H25N5OS. The molecule has 2 N–H and O–H groups in total. The molecule has 0 bridgehead atoms. The number of aliphatic hydroxyl groups is 1. The second kappa shape index (κ2) is 6.93. The van der Waals surface area contributed by atoms with Gasteiger partial charge >= 0.3 is 0 Å². The minimum Gasteiger partial charge on any atom is -0.395 e. The van der Waals surface area contributed by atoms with Crippen molar-refractivity contribution in [3.05, 3.63) is 5.69 Å². The monoisotopic (exact) mass is 323 g/mol. The van der Waals surface area contributed by atoms with Crippen LogP contribution in [0, 0.1) is 6.92 Å². The van der Waals surface area contributed by atoms with Gasteiger partial charge in [0, 0.05) is 26.2 Å². The van der Waals surface area contributed by atoms with Gasteiger partial charge in [0.2, 0.25) is 0 Å². The molecule has 1 fully saturated rings. The maximum Gasteiger partial charge on any atom is 0.185 e. The van der Waals surface area contributed by atoms with Gasteiger partial charge in [0.05, 0.1) is 17.0 Å². The van der Waals surface area contributed by atoms with Gasteiger partial charge in [0.25, 0.3) is 0 Å². The van der Waals surface area contributed by atoms with Crippen molar-refractivity contribution in [3.8, 4) is 0 Å². The predicted octanol–water partition coefficient (Wildman–Crippen LogP) is 1.99. The van der Waals surface area contributed by atoms with E-state index >= 15 is 0 Å². The SMILES string of the molecule is Cc1nn(C)c2nc(NCCCN3CCCC[C@@H]3CO)sc12. The van der Waals surface area contributed by atoms with Crippen LogP contribution in [0.4, 0.5) is 5.13 Å². The van der Waals surface area contributed by atoms with Crippen molar-refractivity contribution >= 4 is 26.8 Å². The summed E-state index contributed by atoms with van der Waals surface area (Å²) in [6, 6.07) is 0.366. The van der Waals surface area contributed by atoms with Crippen LogP contribution in [0.3, 0.4) is 0 Å². The number of nitrogens with zero attached hydrogens (tertiary/aromatic N) is 4. The van der Waals surface area contributed by atoms with E-state index in [1.54, 1.807) is 11.3 Å². The van der Waals surface area contributed by atoms with Gasteiger partial charge in [-0.3, -0.25) is 4.90 Å². The van der Waals surface area contributed by atoms with E-state index in [-0.39, 0.29) is 6.61 Å². The Morgan fingerprint density at radius 1 is 1.41 bits per heavy atom. The Morgan fingerprint density at radius 2 is 2.27 bits per heavy atom. The Balaban J connectivity index is 1.48. The summed E-state index contributed by atoms with van der Waals surface area (Å²) < 4.78 is 3.01. The molecule has 2 aromatic rings. The van der Waals surface area contributed by atoms with Gasteiger partial charge < -0.3 is 10.4 Å². The van der Waals surface area contributed by atoms with Crippen molar-refractivity contribution < 1.29 is 5.11 Å². The maximum atomic E-state index is 9.43. The van der Waals surface area contributed by atoms with Gasteiger partial charge in [-0.25, -0.2) is 9.67 Å². The number of aromatic nitrogens is 3. The number of thiazole rings is 1. The molecule has 1 saturated heterocycles. The Kier molecular flexibility index (Phi) is 4.95. The van der Waals surface area contributed by atoms with Crippen molar-refractivity contribution in [3.63, 3.8) is 0 Å². The Bertz CT molecular complexity index is 588. The van der Waals surface area contributed by atoms with Gasteiger partial charge in [-0.15, -0.1) is 0 Å². The van der Waals surface area contributed by atoms with Crippen molar-refractivity contribution in [2.75, 3.05) is 31.6 Å². The fraction of sp³-hybridized carbons (Fsp3) is 0.733. The summed E-state index contributed by atoms with van der Waals surface area (Å²) in [4.78, 5) is 7.03. The first kappa shape index (κ1) is 15.7. The zero-order chi connectivity index (χ0) is 15.5. The Labute approximate surface area is 135 Å². The van der Waals surface area contributed by atoms with E-state index < -0.39 is 0 Å². The Morgan fingerprint density at radius 3 is 3.05 bits per heavy atom. The van der Waals surface area contributed by atoms with Crippen molar-refractivity contribution in [2.45, 2.75) is 38.6 Å². The number of fused-ring (bicyclic) bond motifs is 1. The molecule has 2 aromatic heterocycles. The number of hydrogen-bond donors (Lipinski definition) is 2. The molecule has 22 heavy (non-hydrogen) atoms. The number of likely N-dealkylation sites (tertiary alicyclic amines) is 1. The molecule has 0 amide bonds. The lowest BCUT2D eigenvalue weighted by molar-refractivity contribution is 0.0901. The third-order valence-electron chi connectivity index (χ3n) is 4.40. The summed E-state index contributed by atoms with van der Waals surface area (Å²) in [7, 11) is 1.93. The molecule has 122 valence electrons. The normalized spacial score (nSPS) is 19.9. The van der Waals surface area contributed by atoms with Crippen molar-refractivity contribution in [1.29, 1.82) is 0 Å². The lowest BCUT2D eigenvalue weighted by Gasteiger charge is -2.34. The molecule has 0 radical (unpaired) electrons. The topological polar surface area (TPSA) is 66.2 Å². The number of piperidine rings is 1. The molecule has 0 saturated carbocycles. The molecule has 0 unspecified atom stereocenters. The third kappa shape index (κ3) is 3.26. The van der Waals surface area contributed by atoms with Crippen LogP contribution >= 0.6 is 11.3 Å². The summed E-state index contributed by atoms with van der Waals surface area (Å²) in [5.74, 6) is 0. The highest BCUT2D eigenvalue weighted by atomic mass is 32.1. The number of aliphatic hydroxyl groups excluding tert-OH is 1. The summed E-state index contributed by atoms with van der Waals surface area (Å²) in [5, 5.41) is 18.2. The summed E-state index contributed by atoms with van der Waals surface area (Å²) in [5.41, 5.74) is 2.00. The predicted molar refractivity (Wildman–Crippen MR) is 90.5 cm³/mol. The van der Waals surface area contributed by atoms with Crippen LogP contribution in [0.1, 0.15) is 31.4 Å². The average molecular weight is 323 g/mol. The van der Waals surface area contributed by atoms with Crippen LogP contribution in [-0.4, -0.2) is 57.1 Å². The lowest BCUT2D eigenvalue weighted by atomic mass is 10.0. The Hall–Kier alpha value is -1.18. The molecular weight excluding hydrogens is 298 g/mol. The second-order valence-electron chi connectivity index (χ2n) is 6.03. The fourth-order valence-corrected chi connectivity index (χ4v) is 4.16. The number of nitrogens with one attached hydrogen (secondary N) is 1. The minimum absolute atomic E-state index is 0.289. The van der Waals surface area contributed by atoms with Crippen LogP contribution in [-0.2, 0) is 7.05 Å². The highest BCUT2D eigenvalue weighted by Gasteiger charge is 2.20. The largest absolute Gasteiger partial charge is 0.395 e. The number of hydrogen-bond acceptors (Lipinski definition) is 6. The highest BCUT2D eigenvalue weighted by Crippen LogP contribution is 2.28. The molecule has 0 spiro atoms. The summed E-state index contributed by atoms with van der Waals surface area (Å²) >= 11 is 1.68. The lowest BCUT2D eigenvalue weighted by Crippen LogP contribution is -2.42. The zero-order valence-electron chi connectivity index (χ0n) is 13.4. The quantitative estimate of drug-likeness (QED) is 0.796. The van der Waals surface area contributed by atoms with Gasteiger partial charge in [-0.2, -0.15) is 5.10 Å². The molecule has 6 nitrogen and oxygen atoms in total. The third-order valence-corrected chi connectivity index (χ3v) is 5.51. The van der Waals surface area contributed by atoms with Crippen LogP contribution in [0.15, 0.2) is 0 Å². The fourth-order valence-electron chi connectivity index (χ4n) is 3.20. The van der Waals surface area contributed by atoms with Crippen molar-refractivity contribution in [1.82, 2.24) is 19.7 Å². The zero-order valence-corrected chi connectivity index (χ0v) is 14.2. The molecule has 1 aliphatic heterocycles. The first-order valence-corrected chi connectivity index (χ1v) is 8.89. The van der Waals surface area contributed by atoms with E-state index in [1.165, 1.54) is 17.5 Å². The first-order valence-electron chi connectivity index (χ1n) is 8.08. The summed E-state index contributed by atoms with van der Waals surface area (Å²) in [6.45, 7) is 5.40. The van der Waals surface area contributed by atoms with Crippen LogP contribution in [0.25, 0.3) is 10.3 Å². The summed E-state index contributed by atoms with van der Waals surface area (Å²) in [6.07, 6.45) is 4.71. The number of anilines is 1. The van der Waals surface area contributed by atoms with Gasteiger partial charge in [0.1, 0.15) is 0 Å². The van der Waals surface area contributed by atoms with Gasteiger partial charge in [0.15, 0.2) is 10.8 Å². The minimum atomic E-state index is 0.289. The number of rotatable bonds is 6. The van der Waals surface area contributed by atoms with E-state index in [9.17, 15) is 5.11 Å². The molecule has 7 heteroatoms. The van der Waals surface area contributed by atoms with E-state index in [0.29, 0.717) is 6.04 Å². The van der Waals surface area contributed by atoms with Crippen LogP contribution < -0.4 is 5.32 Å². The maximum absolute atomic E-state index is 9.43. The van der Waals surface area contributed by atoms with Gasteiger partial charge in [-0.05, 0) is 32.7 Å². The number of aryl methyl sites for hydroxylation is 2. The molecule has 0 aromatic carbocycles. The van der Waals surface area contributed by atoms with E-state index in [2.05, 4.69) is 20.3 Å². The molecule has 1 aliphatic rings. The van der Waals surface area contributed by atoms with Gasteiger partial charge in [-0.1, -0.05) is 17.8 Å². The van der Waals surface area contributed by atoms with E-state index in [1.807, 2.05) is 18.7 Å². The molecule has 0 aliphatic carbocycles. The van der Waals surface area contributed by atoms with E-state index in [0.717, 1.165) is 48.9 Å². The molecule has 1 atom stereocenters. The molecule has 3 heterocycles. The highest BCUT2D eigenvalue weighted by molar-refractivity contribution is 7.22. The molecule has 3 rings (SSSR count). The van der Waals surface area contributed by atoms with Crippen molar-refractivity contribution in [2.24, 2.45) is 7.05 Å². The average Bonchev–Trinajstić information content (AvgIpc) is 3.06. The second-order valence-corrected chi connectivity index (χ2v) is 7.03. The standard InChI is InChI=1S/C15H25N5OS/c1-11-13-14(19(2)18-11)17-15(22-13)16-7-5-9-20-8-4-3-6-12(20)10-21/h12,21H,3-10H2,1-2H3,(H,16,17)/t12-/m1/s1. The van der Waals surface area contributed by atoms with E-state index in [4.69, 9.17) is 0 Å². The smallest absolute Gasteiger partial charge is 0.185 e. The first-order chi connectivity index (χ1) is 10.7. The van der Waals surface area contributed by atoms with Crippen LogP contribution in [0.2, 0.25) is 0 Å².